The molecule has 0 saturated carbocycles. The van der Waals surface area contributed by atoms with Crippen molar-refractivity contribution in [2.75, 3.05) is 16.8 Å². The SMILES string of the molecule is O=C(O)c1cc2ccccc2nc1NC1CCSC1. The lowest BCUT2D eigenvalue weighted by Gasteiger charge is -2.14. The second-order valence-electron chi connectivity index (χ2n) is 4.59. The first-order chi connectivity index (χ1) is 9.24. The van der Waals surface area contributed by atoms with Gasteiger partial charge < -0.3 is 10.4 Å². The number of thioether (sulfide) groups is 1. The van der Waals surface area contributed by atoms with Gasteiger partial charge in [0.05, 0.1) is 5.52 Å². The van der Waals surface area contributed by atoms with Gasteiger partial charge in [0.2, 0.25) is 0 Å². The van der Waals surface area contributed by atoms with Crippen LogP contribution in [-0.4, -0.2) is 33.6 Å². The number of para-hydroxylation sites is 1. The van der Waals surface area contributed by atoms with Crippen LogP contribution in [0.15, 0.2) is 30.3 Å². The lowest BCUT2D eigenvalue weighted by molar-refractivity contribution is 0.0697. The molecule has 2 heterocycles. The highest BCUT2D eigenvalue weighted by Gasteiger charge is 2.19. The zero-order chi connectivity index (χ0) is 13.2. The normalized spacial score (nSPS) is 18.6. The van der Waals surface area contributed by atoms with Gasteiger partial charge in [0.25, 0.3) is 0 Å². The van der Waals surface area contributed by atoms with Crippen LogP contribution in [0.4, 0.5) is 5.82 Å². The van der Waals surface area contributed by atoms with Crippen LogP contribution in [0.5, 0.6) is 0 Å². The van der Waals surface area contributed by atoms with Gasteiger partial charge in [-0.2, -0.15) is 11.8 Å². The standard InChI is InChI=1S/C14H14N2O2S/c17-14(18)11-7-9-3-1-2-4-12(9)16-13(11)15-10-5-6-19-8-10/h1-4,7,10H,5-6,8H2,(H,15,16)(H,17,18). The van der Waals surface area contributed by atoms with Crippen molar-refractivity contribution in [3.63, 3.8) is 0 Å². The molecule has 1 saturated heterocycles. The summed E-state index contributed by atoms with van der Waals surface area (Å²) < 4.78 is 0. The summed E-state index contributed by atoms with van der Waals surface area (Å²) in [5.41, 5.74) is 1.07. The second kappa shape index (κ2) is 5.09. The number of carboxylic acids is 1. The number of nitrogens with one attached hydrogen (secondary N) is 1. The minimum absolute atomic E-state index is 0.246. The lowest BCUT2D eigenvalue weighted by Crippen LogP contribution is -2.21. The Labute approximate surface area is 115 Å². The smallest absolute Gasteiger partial charge is 0.339 e. The average Bonchev–Trinajstić information content (AvgIpc) is 2.90. The number of aromatic carboxylic acids is 1. The van der Waals surface area contributed by atoms with Crippen molar-refractivity contribution in [2.45, 2.75) is 12.5 Å². The third kappa shape index (κ3) is 2.51. The molecule has 2 aromatic rings. The summed E-state index contributed by atoms with van der Waals surface area (Å²) in [7, 11) is 0. The van der Waals surface area contributed by atoms with Gasteiger partial charge >= 0.3 is 5.97 Å². The molecule has 98 valence electrons. The fourth-order valence-corrected chi connectivity index (χ4v) is 3.38. The Bertz CT molecular complexity index is 624. The Morgan fingerprint density at radius 1 is 1.42 bits per heavy atom. The van der Waals surface area contributed by atoms with Crippen LogP contribution in [0.25, 0.3) is 10.9 Å². The molecule has 3 rings (SSSR count). The number of fused-ring (bicyclic) bond motifs is 1. The summed E-state index contributed by atoms with van der Waals surface area (Å²) in [5, 5.41) is 13.4. The maximum absolute atomic E-state index is 11.4. The summed E-state index contributed by atoms with van der Waals surface area (Å²) in [6.45, 7) is 0. The Balaban J connectivity index is 2.04. The predicted octanol–water partition coefficient (Wildman–Crippen LogP) is 2.85. The fourth-order valence-electron chi connectivity index (χ4n) is 2.23. The van der Waals surface area contributed by atoms with Crippen molar-refractivity contribution in [3.8, 4) is 0 Å². The largest absolute Gasteiger partial charge is 0.478 e. The van der Waals surface area contributed by atoms with E-state index in [0.717, 1.165) is 28.8 Å². The van der Waals surface area contributed by atoms with Crippen LogP contribution in [-0.2, 0) is 0 Å². The third-order valence-electron chi connectivity index (χ3n) is 3.22. The van der Waals surface area contributed by atoms with Crippen LogP contribution in [0.3, 0.4) is 0 Å². The number of aromatic nitrogens is 1. The number of nitrogens with zero attached hydrogens (tertiary/aromatic N) is 1. The maximum Gasteiger partial charge on any atom is 0.339 e. The summed E-state index contributed by atoms with van der Waals surface area (Å²) >= 11 is 1.88. The predicted molar refractivity (Wildman–Crippen MR) is 78.1 cm³/mol. The minimum atomic E-state index is -0.939. The van der Waals surface area contributed by atoms with Crippen molar-refractivity contribution in [2.24, 2.45) is 0 Å². The molecule has 4 nitrogen and oxygen atoms in total. The molecule has 19 heavy (non-hydrogen) atoms. The Morgan fingerprint density at radius 3 is 3.00 bits per heavy atom. The molecule has 0 amide bonds. The molecular weight excluding hydrogens is 260 g/mol. The molecular formula is C14H14N2O2S. The Hall–Kier alpha value is -1.75. The molecule has 1 fully saturated rings. The molecule has 1 unspecified atom stereocenters. The van der Waals surface area contributed by atoms with E-state index in [4.69, 9.17) is 0 Å². The number of carboxylic acid groups (broad SMARTS) is 1. The Kier molecular flexibility index (Phi) is 3.29. The van der Waals surface area contributed by atoms with E-state index in [-0.39, 0.29) is 5.56 Å². The zero-order valence-corrected chi connectivity index (χ0v) is 11.1. The van der Waals surface area contributed by atoms with Gasteiger partial charge in [-0.05, 0) is 24.3 Å². The van der Waals surface area contributed by atoms with Gasteiger partial charge in [-0.25, -0.2) is 9.78 Å². The van der Waals surface area contributed by atoms with Crippen molar-refractivity contribution >= 4 is 34.5 Å². The van der Waals surface area contributed by atoms with Crippen molar-refractivity contribution in [1.82, 2.24) is 4.98 Å². The van der Waals surface area contributed by atoms with Gasteiger partial charge in [0, 0.05) is 17.2 Å². The first-order valence-corrected chi connectivity index (χ1v) is 7.37. The van der Waals surface area contributed by atoms with Crippen molar-refractivity contribution in [1.29, 1.82) is 0 Å². The van der Waals surface area contributed by atoms with Crippen molar-refractivity contribution < 1.29 is 9.90 Å². The minimum Gasteiger partial charge on any atom is -0.478 e. The van der Waals surface area contributed by atoms with Gasteiger partial charge in [-0.1, -0.05) is 18.2 Å². The van der Waals surface area contributed by atoms with Crippen LogP contribution in [0.2, 0.25) is 0 Å². The number of benzene rings is 1. The summed E-state index contributed by atoms with van der Waals surface area (Å²) in [6, 6.07) is 9.58. The van der Waals surface area contributed by atoms with E-state index in [2.05, 4.69) is 10.3 Å². The van der Waals surface area contributed by atoms with E-state index in [9.17, 15) is 9.90 Å². The molecule has 0 spiro atoms. The van der Waals surface area contributed by atoms with E-state index in [1.807, 2.05) is 36.0 Å². The monoisotopic (exact) mass is 274 g/mol. The molecule has 5 heteroatoms. The molecule has 1 aromatic heterocycles. The van der Waals surface area contributed by atoms with Crippen LogP contribution >= 0.6 is 11.8 Å². The van der Waals surface area contributed by atoms with Gasteiger partial charge in [-0.15, -0.1) is 0 Å². The molecule has 1 aliphatic heterocycles. The highest BCUT2D eigenvalue weighted by Crippen LogP contribution is 2.25. The first kappa shape index (κ1) is 12.3. The van der Waals surface area contributed by atoms with E-state index >= 15 is 0 Å². The first-order valence-electron chi connectivity index (χ1n) is 6.21. The molecule has 1 atom stereocenters. The highest BCUT2D eigenvalue weighted by atomic mass is 32.2. The number of carbonyl (C=O) groups is 1. The van der Waals surface area contributed by atoms with Crippen molar-refractivity contribution in [3.05, 3.63) is 35.9 Å². The van der Waals surface area contributed by atoms with Crippen LogP contribution < -0.4 is 5.32 Å². The zero-order valence-electron chi connectivity index (χ0n) is 10.3. The average molecular weight is 274 g/mol. The molecule has 0 aliphatic carbocycles. The lowest BCUT2D eigenvalue weighted by atomic mass is 10.1. The van der Waals surface area contributed by atoms with Gasteiger partial charge in [0.15, 0.2) is 0 Å². The van der Waals surface area contributed by atoms with Crippen LogP contribution in [0.1, 0.15) is 16.8 Å². The van der Waals surface area contributed by atoms with E-state index < -0.39 is 5.97 Å². The fraction of sp³-hybridized carbons (Fsp3) is 0.286. The van der Waals surface area contributed by atoms with E-state index in [1.165, 1.54) is 0 Å². The number of anilines is 1. The molecule has 1 aliphatic rings. The number of pyridine rings is 1. The second-order valence-corrected chi connectivity index (χ2v) is 5.74. The topological polar surface area (TPSA) is 62.2 Å². The molecule has 0 radical (unpaired) electrons. The van der Waals surface area contributed by atoms with E-state index in [0.29, 0.717) is 11.9 Å². The van der Waals surface area contributed by atoms with Gasteiger partial charge in [-0.3, -0.25) is 0 Å². The Morgan fingerprint density at radius 2 is 2.26 bits per heavy atom. The molecule has 0 bridgehead atoms. The highest BCUT2D eigenvalue weighted by molar-refractivity contribution is 7.99. The van der Waals surface area contributed by atoms with Gasteiger partial charge in [0.1, 0.15) is 11.4 Å². The quantitative estimate of drug-likeness (QED) is 0.901. The molecule has 2 N–H and O–H groups in total. The summed E-state index contributed by atoms with van der Waals surface area (Å²) in [5.74, 6) is 1.67. The van der Waals surface area contributed by atoms with E-state index in [1.54, 1.807) is 6.07 Å². The number of hydrogen-bond acceptors (Lipinski definition) is 4. The van der Waals surface area contributed by atoms with Crippen LogP contribution in [0, 0.1) is 0 Å². The molecule has 1 aromatic carbocycles. The maximum atomic E-state index is 11.4. The number of hydrogen-bond donors (Lipinski definition) is 2. The number of rotatable bonds is 3. The summed E-state index contributed by atoms with van der Waals surface area (Å²) in [6.07, 6.45) is 1.05. The third-order valence-corrected chi connectivity index (χ3v) is 4.39. The summed E-state index contributed by atoms with van der Waals surface area (Å²) in [4.78, 5) is 15.8.